The molecule has 0 spiro atoms. The van der Waals surface area contributed by atoms with Crippen LogP contribution in [-0.2, 0) is 18.0 Å². The van der Waals surface area contributed by atoms with E-state index in [1.54, 1.807) is 0 Å². The lowest BCUT2D eigenvalue weighted by Gasteiger charge is -2.12. The summed E-state index contributed by atoms with van der Waals surface area (Å²) >= 11 is 0. The van der Waals surface area contributed by atoms with Gasteiger partial charge in [0.2, 0.25) is 0 Å². The first-order valence-corrected chi connectivity index (χ1v) is 19.2. The van der Waals surface area contributed by atoms with Crippen LogP contribution in [0.2, 0.25) is 0 Å². The molecule has 1 atom stereocenters. The fourth-order valence-electron chi connectivity index (χ4n) is 4.81. The largest absolute Gasteiger partial charge is 0.481 e. The maximum Gasteiger partial charge on any atom is 0.481 e. The van der Waals surface area contributed by atoms with Crippen LogP contribution in [0.4, 0.5) is 0 Å². The highest BCUT2D eigenvalue weighted by molar-refractivity contribution is 7.60. The number of rotatable bonds is 31. The minimum absolute atomic E-state index is 0.0596. The van der Waals surface area contributed by atoms with Crippen molar-refractivity contribution >= 4 is 15.6 Å². The van der Waals surface area contributed by atoms with Gasteiger partial charge in [0.25, 0.3) is 0 Å². The number of phosphoric acid groups is 2. The smallest absolute Gasteiger partial charge is 0.302 e. The van der Waals surface area contributed by atoms with Crippen molar-refractivity contribution in [2.24, 2.45) is 0 Å². The van der Waals surface area contributed by atoms with Crippen LogP contribution >= 0.6 is 15.6 Å². The molecular formula is C30H62O7P2. The number of hydrogen-bond acceptors (Lipinski definition) is 4. The van der Waals surface area contributed by atoms with Crippen LogP contribution in [0.3, 0.4) is 0 Å². The van der Waals surface area contributed by atoms with Crippen LogP contribution < -0.4 is 0 Å². The molecule has 0 bridgehead atoms. The quantitative estimate of drug-likeness (QED) is 0.0414. The van der Waals surface area contributed by atoms with Crippen LogP contribution in [0, 0.1) is 0 Å². The molecule has 0 aliphatic rings. The van der Waals surface area contributed by atoms with E-state index in [0.29, 0.717) is 6.42 Å². The summed E-state index contributed by atoms with van der Waals surface area (Å²) in [5, 5.41) is 0. The molecule has 0 aromatic heterocycles. The van der Waals surface area contributed by atoms with Gasteiger partial charge >= 0.3 is 15.6 Å². The second-order valence-corrected chi connectivity index (χ2v) is 13.9. The van der Waals surface area contributed by atoms with E-state index in [4.69, 9.17) is 14.7 Å². The topological polar surface area (TPSA) is 113 Å². The van der Waals surface area contributed by atoms with Crippen molar-refractivity contribution in [3.05, 3.63) is 12.2 Å². The van der Waals surface area contributed by atoms with Crippen molar-refractivity contribution in [1.82, 2.24) is 0 Å². The van der Waals surface area contributed by atoms with Crippen molar-refractivity contribution < 1.29 is 32.6 Å². The van der Waals surface area contributed by atoms with Gasteiger partial charge in [0, 0.05) is 0 Å². The van der Waals surface area contributed by atoms with Crippen LogP contribution in [-0.4, -0.2) is 21.3 Å². The second kappa shape index (κ2) is 28.1. The molecule has 0 radical (unpaired) electrons. The van der Waals surface area contributed by atoms with E-state index in [1.165, 1.54) is 128 Å². The lowest BCUT2D eigenvalue weighted by Crippen LogP contribution is -1.96. The van der Waals surface area contributed by atoms with Crippen LogP contribution in [0.15, 0.2) is 12.2 Å². The zero-order chi connectivity index (χ0) is 28.9. The molecule has 3 N–H and O–H groups in total. The summed E-state index contributed by atoms with van der Waals surface area (Å²) in [6.07, 6.45) is 38.2. The molecule has 0 amide bonds. The molecule has 0 saturated carbocycles. The van der Waals surface area contributed by atoms with Crippen molar-refractivity contribution in [2.75, 3.05) is 6.61 Å². The Hall–Kier alpha value is -0.0000000000000000416. The number of phosphoric ester groups is 1. The molecule has 9 heteroatoms. The average Bonchev–Trinajstić information content (AvgIpc) is 2.86. The van der Waals surface area contributed by atoms with Crippen molar-refractivity contribution in [3.63, 3.8) is 0 Å². The van der Waals surface area contributed by atoms with E-state index in [2.05, 4.69) is 27.9 Å². The highest BCUT2D eigenvalue weighted by Gasteiger charge is 2.31. The molecule has 1 unspecified atom stereocenters. The maximum atomic E-state index is 11.3. The Balaban J connectivity index is 3.22. The molecule has 0 saturated heterocycles. The zero-order valence-electron chi connectivity index (χ0n) is 25.1. The van der Waals surface area contributed by atoms with Crippen LogP contribution in [0.5, 0.6) is 0 Å². The van der Waals surface area contributed by atoms with Crippen LogP contribution in [0.1, 0.15) is 174 Å². The van der Waals surface area contributed by atoms with Gasteiger partial charge in [-0.25, -0.2) is 9.13 Å². The minimum atomic E-state index is -5.03. The molecule has 0 rings (SSSR count). The third kappa shape index (κ3) is 34.1. The molecule has 0 aliphatic carbocycles. The highest BCUT2D eigenvalue weighted by atomic mass is 31.3. The fraction of sp³-hybridized carbons (Fsp3) is 0.933. The van der Waals surface area contributed by atoms with E-state index in [9.17, 15) is 9.13 Å². The lowest BCUT2D eigenvalue weighted by atomic mass is 10.0. The monoisotopic (exact) mass is 596 g/mol. The average molecular weight is 597 g/mol. The summed E-state index contributed by atoms with van der Waals surface area (Å²) in [7, 11) is -9.72. The predicted octanol–water partition coefficient (Wildman–Crippen LogP) is 10.9. The summed E-state index contributed by atoms with van der Waals surface area (Å²) in [5.74, 6) is 0. The van der Waals surface area contributed by atoms with Crippen molar-refractivity contribution in [3.8, 4) is 0 Å². The van der Waals surface area contributed by atoms with E-state index >= 15 is 0 Å². The molecular weight excluding hydrogens is 534 g/mol. The molecule has 0 aromatic carbocycles. The Labute approximate surface area is 240 Å². The number of hydrogen-bond donors (Lipinski definition) is 3. The SMILES string of the molecule is CCCCCCCCCCCCCCCCCCCC/C=C\CCCCCCCCOP(=O)(O)OP(=O)(O)O. The third-order valence-corrected chi connectivity index (χ3v) is 9.31. The normalized spacial score (nSPS) is 13.8. The summed E-state index contributed by atoms with van der Waals surface area (Å²) < 4.78 is 30.1. The molecule has 234 valence electrons. The Bertz CT molecular complexity index is 637. The third-order valence-electron chi connectivity index (χ3n) is 7.12. The highest BCUT2D eigenvalue weighted by Crippen LogP contribution is 2.57. The minimum Gasteiger partial charge on any atom is -0.302 e. The van der Waals surface area contributed by atoms with Crippen molar-refractivity contribution in [1.29, 1.82) is 0 Å². The number of allylic oxidation sites excluding steroid dienone is 2. The first kappa shape index (κ1) is 39.0. The standard InChI is InChI=1S/C30H62O7P2/c1-2-3-4-5-6-7-8-9-10-11-12-13-14-15-16-17-18-19-20-21-22-23-24-25-26-27-28-29-30-36-39(34,35)37-38(31,32)33/h21-22H,2-20,23-30H2,1H3,(H,34,35)(H2,31,32,33)/b22-21-. The molecule has 0 aromatic rings. The van der Waals surface area contributed by atoms with E-state index in [-0.39, 0.29) is 6.61 Å². The molecule has 0 aliphatic heterocycles. The first-order valence-electron chi connectivity index (χ1n) is 16.2. The Kier molecular flexibility index (Phi) is 28.1. The van der Waals surface area contributed by atoms with Gasteiger partial charge in [-0.15, -0.1) is 0 Å². The predicted molar refractivity (Wildman–Crippen MR) is 164 cm³/mol. The maximum absolute atomic E-state index is 11.3. The molecule has 0 fully saturated rings. The zero-order valence-corrected chi connectivity index (χ0v) is 26.9. The summed E-state index contributed by atoms with van der Waals surface area (Å²) in [4.78, 5) is 26.2. The molecule has 39 heavy (non-hydrogen) atoms. The van der Waals surface area contributed by atoms with Crippen LogP contribution in [0.25, 0.3) is 0 Å². The Morgan fingerprint density at radius 1 is 0.487 bits per heavy atom. The fourth-order valence-corrected chi connectivity index (χ4v) is 6.43. The molecule has 0 heterocycles. The van der Waals surface area contributed by atoms with Gasteiger partial charge < -0.3 is 14.7 Å². The van der Waals surface area contributed by atoms with E-state index in [1.807, 2.05) is 0 Å². The second-order valence-electron chi connectivity index (χ2n) is 11.1. The van der Waals surface area contributed by atoms with E-state index in [0.717, 1.165) is 32.1 Å². The molecule has 7 nitrogen and oxygen atoms in total. The van der Waals surface area contributed by atoms with Gasteiger partial charge in [0.15, 0.2) is 0 Å². The van der Waals surface area contributed by atoms with Gasteiger partial charge in [0.1, 0.15) is 0 Å². The summed E-state index contributed by atoms with van der Waals surface area (Å²) in [6.45, 7) is 2.22. The summed E-state index contributed by atoms with van der Waals surface area (Å²) in [6, 6.07) is 0. The van der Waals surface area contributed by atoms with Crippen molar-refractivity contribution in [2.45, 2.75) is 174 Å². The number of unbranched alkanes of at least 4 members (excludes halogenated alkanes) is 24. The Morgan fingerprint density at radius 2 is 0.795 bits per heavy atom. The Morgan fingerprint density at radius 3 is 1.13 bits per heavy atom. The van der Waals surface area contributed by atoms with Gasteiger partial charge in [-0.3, -0.25) is 4.52 Å². The summed E-state index contributed by atoms with van der Waals surface area (Å²) in [5.41, 5.74) is 0. The first-order chi connectivity index (χ1) is 18.8. The van der Waals surface area contributed by atoms with Gasteiger partial charge in [-0.05, 0) is 32.1 Å². The van der Waals surface area contributed by atoms with Gasteiger partial charge in [-0.2, -0.15) is 4.31 Å². The van der Waals surface area contributed by atoms with Gasteiger partial charge in [-0.1, -0.05) is 154 Å². The van der Waals surface area contributed by atoms with Gasteiger partial charge in [0.05, 0.1) is 6.61 Å². The van der Waals surface area contributed by atoms with E-state index < -0.39 is 15.6 Å². The lowest BCUT2D eigenvalue weighted by molar-refractivity contribution is 0.175.